The van der Waals surface area contributed by atoms with Crippen LogP contribution in [0.15, 0.2) is 60.7 Å². The number of ketones is 1. The number of aliphatic hydroxyl groups excluding tert-OH is 1. The van der Waals surface area contributed by atoms with Crippen molar-refractivity contribution in [2.75, 3.05) is 32.8 Å². The Bertz CT molecular complexity index is 1480. The van der Waals surface area contributed by atoms with Gasteiger partial charge >= 0.3 is 11.9 Å². The van der Waals surface area contributed by atoms with Crippen LogP contribution in [0, 0.1) is 6.92 Å². The summed E-state index contributed by atoms with van der Waals surface area (Å²) in [5.41, 5.74) is 0.936. The van der Waals surface area contributed by atoms with E-state index >= 15 is 0 Å². The minimum absolute atomic E-state index is 0.0991. The van der Waals surface area contributed by atoms with Gasteiger partial charge in [0, 0.05) is 5.56 Å². The van der Waals surface area contributed by atoms with Gasteiger partial charge in [0.15, 0.2) is 16.6 Å². The van der Waals surface area contributed by atoms with E-state index in [2.05, 4.69) is 11.6 Å². The van der Waals surface area contributed by atoms with E-state index in [1.165, 1.54) is 26.2 Å². The Morgan fingerprint density at radius 2 is 1.79 bits per heavy atom. The van der Waals surface area contributed by atoms with Gasteiger partial charge < -0.3 is 24.1 Å². The van der Waals surface area contributed by atoms with E-state index in [-0.39, 0.29) is 21.3 Å². The molecule has 1 N–H and O–H groups in total. The fourth-order valence-corrected chi connectivity index (χ4v) is 5.17. The number of carbonyl (C=O) groups excluding carboxylic acids is 3. The number of hydrogen-bond donors (Lipinski definition) is 1. The number of nitrogens with zero attached hydrogens (tertiary/aromatic N) is 2. The zero-order chi connectivity index (χ0) is 28.3. The Hall–Kier alpha value is -4.64. The van der Waals surface area contributed by atoms with Crippen LogP contribution in [0.5, 0.6) is 17.2 Å². The lowest BCUT2D eigenvalue weighted by Crippen LogP contribution is -2.29. The van der Waals surface area contributed by atoms with Crippen molar-refractivity contribution in [2.24, 2.45) is 0 Å². The summed E-state index contributed by atoms with van der Waals surface area (Å²) in [6.45, 7) is 5.51. The second kappa shape index (κ2) is 11.4. The average Bonchev–Trinajstić information content (AvgIpc) is 3.47. The largest absolute Gasteiger partial charge is 0.507 e. The van der Waals surface area contributed by atoms with Gasteiger partial charge in [-0.2, -0.15) is 0 Å². The number of Topliss-reactive ketones (excluding diaryl/α,β-unsaturated/α-hetero) is 1. The number of rotatable bonds is 9. The standard InChI is InChI=1S/C28H26N2O8S/c1-6-13-38-18-10-7-16(8-11-18)23(31)21-22(17-9-12-19(35-3)20(14-17)36-4)30(26(33)24(21)32)28-29-15(2)25(39-28)27(34)37-5/h6-12,14,22,31H,1,13H2,2-5H3/b23-21+. The van der Waals surface area contributed by atoms with E-state index in [9.17, 15) is 19.5 Å². The first-order valence-corrected chi connectivity index (χ1v) is 12.5. The Balaban J connectivity index is 1.91. The summed E-state index contributed by atoms with van der Waals surface area (Å²) < 4.78 is 21.1. The molecule has 1 aliphatic rings. The van der Waals surface area contributed by atoms with E-state index < -0.39 is 23.7 Å². The van der Waals surface area contributed by atoms with Gasteiger partial charge in [0.1, 0.15) is 23.0 Å². The quantitative estimate of drug-likeness (QED) is 0.135. The summed E-state index contributed by atoms with van der Waals surface area (Å²) in [5, 5.41) is 11.5. The predicted molar refractivity (Wildman–Crippen MR) is 145 cm³/mol. The highest BCUT2D eigenvalue weighted by Gasteiger charge is 2.48. The number of thiazole rings is 1. The minimum atomic E-state index is -1.09. The van der Waals surface area contributed by atoms with Gasteiger partial charge in [-0.25, -0.2) is 9.78 Å². The van der Waals surface area contributed by atoms with Gasteiger partial charge in [-0.05, 0) is 48.9 Å². The first kappa shape index (κ1) is 27.4. The van der Waals surface area contributed by atoms with Crippen LogP contribution in [-0.2, 0) is 14.3 Å². The molecule has 0 saturated carbocycles. The molecule has 1 amide bonds. The van der Waals surface area contributed by atoms with Crippen LogP contribution in [0.2, 0.25) is 0 Å². The number of methoxy groups -OCH3 is 3. The molecule has 4 rings (SSSR count). The maximum Gasteiger partial charge on any atom is 0.350 e. The normalized spacial score (nSPS) is 16.2. The molecule has 10 nitrogen and oxygen atoms in total. The molecule has 202 valence electrons. The molecule has 1 fully saturated rings. The number of ether oxygens (including phenoxy) is 4. The van der Waals surface area contributed by atoms with Crippen molar-refractivity contribution >= 4 is 39.9 Å². The van der Waals surface area contributed by atoms with Crippen LogP contribution in [0.3, 0.4) is 0 Å². The van der Waals surface area contributed by atoms with Crippen LogP contribution in [0.25, 0.3) is 5.76 Å². The lowest BCUT2D eigenvalue weighted by atomic mass is 9.95. The van der Waals surface area contributed by atoms with Crippen LogP contribution in [-0.4, -0.2) is 55.7 Å². The average molecular weight is 551 g/mol. The maximum absolute atomic E-state index is 13.4. The van der Waals surface area contributed by atoms with Gasteiger partial charge in [0.05, 0.1) is 38.6 Å². The first-order valence-electron chi connectivity index (χ1n) is 11.7. The Labute approximate surface area is 228 Å². The third-order valence-electron chi connectivity index (χ3n) is 6.03. The molecule has 2 aromatic carbocycles. The second-order valence-electron chi connectivity index (χ2n) is 8.31. The molecule has 39 heavy (non-hydrogen) atoms. The maximum atomic E-state index is 13.4. The van der Waals surface area contributed by atoms with E-state index in [1.54, 1.807) is 55.5 Å². The van der Waals surface area contributed by atoms with Gasteiger partial charge in [-0.1, -0.05) is 30.1 Å². The second-order valence-corrected chi connectivity index (χ2v) is 9.29. The van der Waals surface area contributed by atoms with Crippen molar-refractivity contribution in [3.8, 4) is 17.2 Å². The van der Waals surface area contributed by atoms with Crippen molar-refractivity contribution in [3.63, 3.8) is 0 Å². The van der Waals surface area contributed by atoms with Gasteiger partial charge in [-0.15, -0.1) is 0 Å². The lowest BCUT2D eigenvalue weighted by molar-refractivity contribution is -0.132. The highest BCUT2D eigenvalue weighted by Crippen LogP contribution is 2.45. The minimum Gasteiger partial charge on any atom is -0.507 e. The molecule has 0 bridgehead atoms. The number of anilines is 1. The highest BCUT2D eigenvalue weighted by molar-refractivity contribution is 7.17. The number of aliphatic hydroxyl groups is 1. The van der Waals surface area contributed by atoms with Crippen LogP contribution in [0.4, 0.5) is 5.13 Å². The van der Waals surface area contributed by atoms with Gasteiger partial charge in [0.2, 0.25) is 0 Å². The SMILES string of the molecule is C=CCOc1ccc(/C(O)=C2\C(=O)C(=O)N(c3nc(C)c(C(=O)OC)s3)C2c2ccc(OC)c(OC)c2)cc1. The number of hydrogen-bond acceptors (Lipinski definition) is 10. The van der Waals surface area contributed by atoms with E-state index in [0.717, 1.165) is 11.3 Å². The third-order valence-corrected chi connectivity index (χ3v) is 7.16. The smallest absolute Gasteiger partial charge is 0.350 e. The summed E-state index contributed by atoms with van der Waals surface area (Å²) in [4.78, 5) is 44.9. The van der Waals surface area contributed by atoms with Crippen molar-refractivity contribution < 1.29 is 38.4 Å². The summed E-state index contributed by atoms with van der Waals surface area (Å²) in [7, 11) is 4.19. The van der Waals surface area contributed by atoms with Gasteiger partial charge in [0.25, 0.3) is 5.78 Å². The third kappa shape index (κ3) is 5.08. The molecule has 0 spiro atoms. The molecule has 1 saturated heterocycles. The Morgan fingerprint density at radius 1 is 1.10 bits per heavy atom. The number of esters is 1. The Morgan fingerprint density at radius 3 is 2.41 bits per heavy atom. The zero-order valence-electron chi connectivity index (χ0n) is 21.7. The lowest BCUT2D eigenvalue weighted by Gasteiger charge is -2.23. The first-order chi connectivity index (χ1) is 18.7. The number of carbonyl (C=O) groups is 3. The molecular formula is C28H26N2O8S. The van der Waals surface area contributed by atoms with Crippen LogP contribution >= 0.6 is 11.3 Å². The van der Waals surface area contributed by atoms with Crippen molar-refractivity contribution in [1.29, 1.82) is 0 Å². The Kier molecular flexibility index (Phi) is 8.01. The number of aryl methyl sites for hydroxylation is 1. The fourth-order valence-electron chi connectivity index (χ4n) is 4.16. The summed E-state index contributed by atoms with van der Waals surface area (Å²) >= 11 is 0.913. The van der Waals surface area contributed by atoms with Crippen LogP contribution < -0.4 is 19.1 Å². The van der Waals surface area contributed by atoms with E-state index in [4.69, 9.17) is 18.9 Å². The molecule has 1 atom stereocenters. The van der Waals surface area contributed by atoms with E-state index in [1.807, 2.05) is 0 Å². The monoisotopic (exact) mass is 550 g/mol. The molecule has 1 unspecified atom stereocenters. The molecule has 2 heterocycles. The highest BCUT2D eigenvalue weighted by atomic mass is 32.1. The van der Waals surface area contributed by atoms with Crippen molar-refractivity contribution in [1.82, 2.24) is 4.98 Å². The molecule has 0 radical (unpaired) electrons. The molecule has 1 aromatic heterocycles. The molecule has 3 aromatic rings. The fraction of sp³-hybridized carbons (Fsp3) is 0.214. The number of aromatic nitrogens is 1. The number of amides is 1. The van der Waals surface area contributed by atoms with E-state index in [0.29, 0.717) is 40.7 Å². The molecular weight excluding hydrogens is 524 g/mol. The molecule has 1 aliphatic heterocycles. The summed E-state index contributed by atoms with van der Waals surface area (Å²) in [6, 6.07) is 10.2. The topological polar surface area (TPSA) is 124 Å². The predicted octanol–water partition coefficient (Wildman–Crippen LogP) is 4.45. The van der Waals surface area contributed by atoms with Crippen LogP contribution in [0.1, 0.15) is 32.5 Å². The van der Waals surface area contributed by atoms with Gasteiger partial charge in [-0.3, -0.25) is 14.5 Å². The van der Waals surface area contributed by atoms with Crippen molar-refractivity contribution in [2.45, 2.75) is 13.0 Å². The summed E-state index contributed by atoms with van der Waals surface area (Å²) in [5.74, 6) is -1.49. The zero-order valence-corrected chi connectivity index (χ0v) is 22.5. The number of benzene rings is 2. The molecule has 0 aliphatic carbocycles. The molecule has 11 heteroatoms. The van der Waals surface area contributed by atoms with Crippen molar-refractivity contribution in [3.05, 3.63) is 82.4 Å². The summed E-state index contributed by atoms with van der Waals surface area (Å²) in [6.07, 6.45) is 1.60.